The standard InChI is InChI=1S/C19H20N4O5/c1-25-15-6-5-13(23-10-20-21-11-23)9-14(15)22-19(24)12-7-16(26-2)18(28-4)17(8-12)27-3/h5-11H,1-4H3,(H,22,24). The first kappa shape index (κ1) is 19.0. The van der Waals surface area contributed by atoms with E-state index in [-0.39, 0.29) is 5.91 Å². The molecule has 1 aromatic heterocycles. The number of methoxy groups -OCH3 is 4. The van der Waals surface area contributed by atoms with E-state index < -0.39 is 0 Å². The topological polar surface area (TPSA) is 96.7 Å². The summed E-state index contributed by atoms with van der Waals surface area (Å²) in [7, 11) is 6.01. The number of carbonyl (C=O) groups excluding carboxylic acids is 1. The number of amides is 1. The molecule has 0 aliphatic rings. The Hall–Kier alpha value is -3.75. The SMILES string of the molecule is COc1ccc(-n2cnnc2)cc1NC(=O)c1cc(OC)c(OC)c(OC)c1. The summed E-state index contributed by atoms with van der Waals surface area (Å²) in [5, 5.41) is 10.4. The highest BCUT2D eigenvalue weighted by Crippen LogP contribution is 2.38. The number of carbonyl (C=O) groups is 1. The van der Waals surface area contributed by atoms with Crippen LogP contribution in [0.2, 0.25) is 0 Å². The molecule has 9 nitrogen and oxygen atoms in total. The molecule has 0 saturated heterocycles. The van der Waals surface area contributed by atoms with Gasteiger partial charge in [0.1, 0.15) is 18.4 Å². The molecule has 1 heterocycles. The predicted octanol–water partition coefficient (Wildman–Crippen LogP) is 2.55. The molecule has 0 saturated carbocycles. The van der Waals surface area contributed by atoms with Crippen LogP contribution in [0.5, 0.6) is 23.0 Å². The Morgan fingerprint density at radius 3 is 2.00 bits per heavy atom. The fourth-order valence-electron chi connectivity index (χ4n) is 2.69. The van der Waals surface area contributed by atoms with Gasteiger partial charge in [-0.1, -0.05) is 0 Å². The van der Waals surface area contributed by atoms with Crippen molar-refractivity contribution in [3.05, 3.63) is 48.5 Å². The third-order valence-electron chi connectivity index (χ3n) is 4.08. The summed E-state index contributed by atoms with van der Waals surface area (Å²) < 4.78 is 23.0. The number of nitrogens with zero attached hydrogens (tertiary/aromatic N) is 3. The first-order valence-corrected chi connectivity index (χ1v) is 8.25. The number of benzene rings is 2. The Labute approximate surface area is 161 Å². The first-order chi connectivity index (χ1) is 13.6. The van der Waals surface area contributed by atoms with Gasteiger partial charge in [0.2, 0.25) is 5.75 Å². The van der Waals surface area contributed by atoms with Gasteiger partial charge >= 0.3 is 0 Å². The lowest BCUT2D eigenvalue weighted by Gasteiger charge is -2.15. The zero-order valence-corrected chi connectivity index (χ0v) is 15.9. The number of hydrogen-bond donors (Lipinski definition) is 1. The normalized spacial score (nSPS) is 10.3. The van der Waals surface area contributed by atoms with Crippen LogP contribution in [0, 0.1) is 0 Å². The van der Waals surface area contributed by atoms with Crippen molar-refractivity contribution in [3.63, 3.8) is 0 Å². The minimum absolute atomic E-state index is 0.339. The van der Waals surface area contributed by atoms with E-state index in [4.69, 9.17) is 18.9 Å². The van der Waals surface area contributed by atoms with Crippen LogP contribution in [0.4, 0.5) is 5.69 Å². The number of aromatic nitrogens is 3. The van der Waals surface area contributed by atoms with Gasteiger partial charge in [0, 0.05) is 5.56 Å². The number of ether oxygens (including phenoxy) is 4. The average Bonchev–Trinajstić information content (AvgIpc) is 3.27. The molecule has 1 N–H and O–H groups in total. The van der Waals surface area contributed by atoms with Crippen LogP contribution in [0.1, 0.15) is 10.4 Å². The van der Waals surface area contributed by atoms with Gasteiger partial charge in [-0.3, -0.25) is 9.36 Å². The van der Waals surface area contributed by atoms with Crippen LogP contribution >= 0.6 is 0 Å². The number of rotatable bonds is 7. The average molecular weight is 384 g/mol. The summed E-state index contributed by atoms with van der Waals surface area (Å²) in [6.07, 6.45) is 3.12. The van der Waals surface area contributed by atoms with Gasteiger partial charge in [0.15, 0.2) is 11.5 Å². The molecule has 28 heavy (non-hydrogen) atoms. The number of nitrogens with one attached hydrogen (secondary N) is 1. The van der Waals surface area contributed by atoms with Gasteiger partial charge in [-0.25, -0.2) is 0 Å². The Morgan fingerprint density at radius 1 is 0.857 bits per heavy atom. The lowest BCUT2D eigenvalue weighted by Crippen LogP contribution is -2.13. The van der Waals surface area contributed by atoms with Crippen LogP contribution in [0.25, 0.3) is 5.69 Å². The maximum atomic E-state index is 12.9. The predicted molar refractivity (Wildman–Crippen MR) is 102 cm³/mol. The smallest absolute Gasteiger partial charge is 0.256 e. The maximum Gasteiger partial charge on any atom is 0.256 e. The second-order valence-corrected chi connectivity index (χ2v) is 5.62. The van der Waals surface area contributed by atoms with Crippen molar-refractivity contribution in [1.82, 2.24) is 14.8 Å². The lowest BCUT2D eigenvalue weighted by molar-refractivity contribution is 0.102. The zero-order valence-electron chi connectivity index (χ0n) is 15.9. The van der Waals surface area contributed by atoms with Crippen molar-refractivity contribution >= 4 is 11.6 Å². The third-order valence-corrected chi connectivity index (χ3v) is 4.08. The van der Waals surface area contributed by atoms with E-state index in [0.717, 1.165) is 5.69 Å². The van der Waals surface area contributed by atoms with Crippen LogP contribution in [0.15, 0.2) is 43.0 Å². The van der Waals surface area contributed by atoms with Crippen LogP contribution in [0.3, 0.4) is 0 Å². The molecule has 0 aliphatic carbocycles. The van der Waals surface area contributed by atoms with Crippen molar-refractivity contribution in [2.24, 2.45) is 0 Å². The highest BCUT2D eigenvalue weighted by molar-refractivity contribution is 6.06. The molecule has 1 amide bonds. The van der Waals surface area contributed by atoms with Crippen LogP contribution in [-0.4, -0.2) is 49.1 Å². The summed E-state index contributed by atoms with van der Waals surface area (Å²) in [4.78, 5) is 12.9. The molecule has 2 aromatic carbocycles. The second-order valence-electron chi connectivity index (χ2n) is 5.62. The van der Waals surface area contributed by atoms with Crippen molar-refractivity contribution in [3.8, 4) is 28.7 Å². The van der Waals surface area contributed by atoms with Gasteiger partial charge < -0.3 is 24.3 Å². The van der Waals surface area contributed by atoms with Gasteiger partial charge in [0.05, 0.1) is 39.8 Å². The van der Waals surface area contributed by atoms with Crippen molar-refractivity contribution in [1.29, 1.82) is 0 Å². The van der Waals surface area contributed by atoms with Gasteiger partial charge in [-0.15, -0.1) is 10.2 Å². The van der Waals surface area contributed by atoms with Crippen LogP contribution < -0.4 is 24.3 Å². The van der Waals surface area contributed by atoms with E-state index in [0.29, 0.717) is 34.2 Å². The molecule has 0 bridgehead atoms. The molecule has 0 radical (unpaired) electrons. The maximum absolute atomic E-state index is 12.9. The summed E-state index contributed by atoms with van der Waals surface area (Å²) in [6, 6.07) is 8.50. The minimum atomic E-state index is -0.363. The Morgan fingerprint density at radius 2 is 1.46 bits per heavy atom. The number of anilines is 1. The molecular weight excluding hydrogens is 364 g/mol. The van der Waals surface area contributed by atoms with E-state index in [1.165, 1.54) is 28.4 Å². The van der Waals surface area contributed by atoms with E-state index in [9.17, 15) is 4.79 Å². The summed E-state index contributed by atoms with van der Waals surface area (Å²) >= 11 is 0. The van der Waals surface area contributed by atoms with Crippen LogP contribution in [-0.2, 0) is 0 Å². The molecule has 9 heteroatoms. The van der Waals surface area contributed by atoms with E-state index in [1.807, 2.05) is 6.07 Å². The zero-order chi connectivity index (χ0) is 20.1. The third kappa shape index (κ3) is 3.68. The first-order valence-electron chi connectivity index (χ1n) is 8.25. The molecule has 0 atom stereocenters. The monoisotopic (exact) mass is 384 g/mol. The molecule has 0 aliphatic heterocycles. The summed E-state index contributed by atoms with van der Waals surface area (Å²) in [5.74, 6) is 1.33. The van der Waals surface area contributed by atoms with Crippen molar-refractivity contribution in [2.75, 3.05) is 33.8 Å². The van der Waals surface area contributed by atoms with Crippen molar-refractivity contribution < 1.29 is 23.7 Å². The Balaban J connectivity index is 1.95. The molecule has 0 spiro atoms. The van der Waals surface area contributed by atoms with Gasteiger partial charge in [0.25, 0.3) is 5.91 Å². The van der Waals surface area contributed by atoms with E-state index in [2.05, 4.69) is 15.5 Å². The highest BCUT2D eigenvalue weighted by atomic mass is 16.5. The van der Waals surface area contributed by atoms with Crippen molar-refractivity contribution in [2.45, 2.75) is 0 Å². The fraction of sp³-hybridized carbons (Fsp3) is 0.211. The Kier molecular flexibility index (Phi) is 5.64. The van der Waals surface area contributed by atoms with E-state index in [1.54, 1.807) is 41.5 Å². The Bertz CT molecular complexity index is 947. The summed E-state index contributed by atoms with van der Waals surface area (Å²) in [6.45, 7) is 0. The molecule has 3 rings (SSSR count). The highest BCUT2D eigenvalue weighted by Gasteiger charge is 2.18. The second kappa shape index (κ2) is 8.30. The molecule has 0 fully saturated rings. The molecule has 3 aromatic rings. The quantitative estimate of drug-likeness (QED) is 0.669. The largest absolute Gasteiger partial charge is 0.495 e. The molecule has 146 valence electrons. The fourth-order valence-corrected chi connectivity index (χ4v) is 2.69. The minimum Gasteiger partial charge on any atom is -0.495 e. The summed E-state index contributed by atoms with van der Waals surface area (Å²) in [5.41, 5.74) is 1.60. The van der Waals surface area contributed by atoms with Gasteiger partial charge in [-0.2, -0.15) is 0 Å². The molecule has 0 unspecified atom stereocenters. The lowest BCUT2D eigenvalue weighted by atomic mass is 10.1. The van der Waals surface area contributed by atoms with Gasteiger partial charge in [-0.05, 0) is 30.3 Å². The van der Waals surface area contributed by atoms with E-state index >= 15 is 0 Å². The number of hydrogen-bond acceptors (Lipinski definition) is 7. The molecular formula is C19H20N4O5.